The Morgan fingerprint density at radius 3 is 2.37 bits per heavy atom. The van der Waals surface area contributed by atoms with Crippen molar-refractivity contribution in [3.8, 4) is 0 Å². The van der Waals surface area contributed by atoms with Crippen molar-refractivity contribution in [1.29, 1.82) is 0 Å². The van der Waals surface area contributed by atoms with E-state index in [0.717, 1.165) is 42.8 Å². The molecule has 0 heterocycles. The van der Waals surface area contributed by atoms with Crippen molar-refractivity contribution in [3.05, 3.63) is 64.1 Å². The number of amides is 1. The van der Waals surface area contributed by atoms with Gasteiger partial charge in [-0.2, -0.15) is 0 Å². The fraction of sp³-hybridized carbons (Fsp3) is 0.381. The van der Waals surface area contributed by atoms with E-state index in [1.807, 2.05) is 12.1 Å². The van der Waals surface area contributed by atoms with E-state index in [2.05, 4.69) is 33.4 Å². The van der Waals surface area contributed by atoms with Crippen molar-refractivity contribution in [2.45, 2.75) is 49.0 Å². The number of sulfone groups is 1. The van der Waals surface area contributed by atoms with Crippen molar-refractivity contribution in [3.63, 3.8) is 0 Å². The van der Waals surface area contributed by atoms with E-state index in [1.165, 1.54) is 24.1 Å². The number of hydrogen-bond donors (Lipinski definition) is 1. The second-order valence-electron chi connectivity index (χ2n) is 7.40. The third-order valence-corrected chi connectivity index (χ3v) is 6.81. The summed E-state index contributed by atoms with van der Waals surface area (Å²) in [5.41, 5.74) is 1.29. The summed E-state index contributed by atoms with van der Waals surface area (Å²) in [6, 6.07) is 14.5. The quantitative estimate of drug-likeness (QED) is 0.728. The van der Waals surface area contributed by atoms with Gasteiger partial charge in [-0.05, 0) is 55.2 Å². The summed E-state index contributed by atoms with van der Waals surface area (Å²) >= 11 is 3.46. The third-order valence-electron chi connectivity index (χ3n) is 5.17. The molecule has 1 aliphatic rings. The number of hydrogen-bond acceptors (Lipinski definition) is 3. The molecular formula is C21H24BrNO3S. The molecule has 6 heteroatoms. The molecule has 0 unspecified atom stereocenters. The zero-order chi connectivity index (χ0) is 19.5. The lowest BCUT2D eigenvalue weighted by atomic mass is 9.77. The second-order valence-corrected chi connectivity index (χ2v) is 10.3. The van der Waals surface area contributed by atoms with Gasteiger partial charge in [0.05, 0.1) is 4.90 Å². The van der Waals surface area contributed by atoms with Gasteiger partial charge in [-0.25, -0.2) is 8.42 Å². The van der Waals surface area contributed by atoms with Crippen LogP contribution < -0.4 is 5.32 Å². The van der Waals surface area contributed by atoms with Crippen molar-refractivity contribution < 1.29 is 13.2 Å². The number of nitrogens with one attached hydrogen (secondary N) is 1. The molecule has 1 aliphatic carbocycles. The lowest BCUT2D eigenvalue weighted by Crippen LogP contribution is -2.51. The van der Waals surface area contributed by atoms with Crippen molar-refractivity contribution in [2.75, 3.05) is 6.26 Å². The summed E-state index contributed by atoms with van der Waals surface area (Å²) in [5.74, 6) is -0.209. The van der Waals surface area contributed by atoms with Gasteiger partial charge in [0.15, 0.2) is 9.84 Å². The molecular weight excluding hydrogens is 426 g/mol. The molecule has 0 radical (unpaired) electrons. The third kappa shape index (κ3) is 5.20. The van der Waals surface area contributed by atoms with Gasteiger partial charge < -0.3 is 5.32 Å². The maximum atomic E-state index is 12.9. The molecule has 2 aromatic rings. The highest BCUT2D eigenvalue weighted by Crippen LogP contribution is 2.32. The first kappa shape index (κ1) is 20.1. The summed E-state index contributed by atoms with van der Waals surface area (Å²) in [7, 11) is -3.34. The number of benzene rings is 2. The first-order chi connectivity index (χ1) is 12.8. The highest BCUT2D eigenvalue weighted by atomic mass is 79.9. The molecule has 3 rings (SSSR count). The van der Waals surface area contributed by atoms with E-state index < -0.39 is 9.84 Å². The van der Waals surface area contributed by atoms with Gasteiger partial charge in [0.2, 0.25) is 0 Å². The van der Waals surface area contributed by atoms with Crippen LogP contribution in [0.1, 0.15) is 48.0 Å². The van der Waals surface area contributed by atoms with Gasteiger partial charge in [0.25, 0.3) is 5.91 Å². The molecule has 1 amide bonds. The predicted octanol–water partition coefficient (Wildman–Crippen LogP) is 4.53. The normalized spacial score (nSPS) is 16.7. The molecule has 0 aliphatic heterocycles. The lowest BCUT2D eigenvalue weighted by molar-refractivity contribution is 0.0868. The number of carbonyl (C=O) groups is 1. The van der Waals surface area contributed by atoms with E-state index in [0.29, 0.717) is 5.56 Å². The van der Waals surface area contributed by atoms with Gasteiger partial charge in [-0.15, -0.1) is 0 Å². The molecule has 0 saturated heterocycles. The molecule has 1 saturated carbocycles. The average molecular weight is 450 g/mol. The van der Waals surface area contributed by atoms with Crippen LogP contribution in [0.25, 0.3) is 0 Å². The molecule has 2 aromatic carbocycles. The summed E-state index contributed by atoms with van der Waals surface area (Å²) < 4.78 is 24.6. The Hall–Kier alpha value is -1.66. The van der Waals surface area contributed by atoms with E-state index in [1.54, 1.807) is 12.1 Å². The zero-order valence-corrected chi connectivity index (χ0v) is 17.8. The molecule has 144 valence electrons. The first-order valence-corrected chi connectivity index (χ1v) is 11.8. The van der Waals surface area contributed by atoms with Crippen LogP contribution in [0.4, 0.5) is 0 Å². The molecule has 1 fully saturated rings. The molecule has 4 nitrogen and oxygen atoms in total. The van der Waals surface area contributed by atoms with E-state index in [9.17, 15) is 13.2 Å². The average Bonchev–Trinajstić information content (AvgIpc) is 2.64. The fourth-order valence-corrected chi connectivity index (χ4v) is 4.68. The molecule has 0 atom stereocenters. The molecule has 27 heavy (non-hydrogen) atoms. The van der Waals surface area contributed by atoms with Gasteiger partial charge in [-0.1, -0.05) is 53.4 Å². The first-order valence-electron chi connectivity index (χ1n) is 9.15. The lowest BCUT2D eigenvalue weighted by Gasteiger charge is -2.38. The van der Waals surface area contributed by atoms with Crippen LogP contribution in [-0.4, -0.2) is 26.1 Å². The van der Waals surface area contributed by atoms with E-state index in [4.69, 9.17) is 0 Å². The van der Waals surface area contributed by atoms with Crippen LogP contribution in [0.2, 0.25) is 0 Å². The Kier molecular flexibility index (Phi) is 6.06. The minimum Gasteiger partial charge on any atom is -0.346 e. The summed E-state index contributed by atoms with van der Waals surface area (Å²) in [6.45, 7) is 0. The predicted molar refractivity (Wildman–Crippen MR) is 111 cm³/mol. The fourth-order valence-electron chi connectivity index (χ4n) is 3.75. The summed E-state index contributed by atoms with van der Waals surface area (Å²) in [5, 5.41) is 3.24. The van der Waals surface area contributed by atoms with Crippen LogP contribution in [0.3, 0.4) is 0 Å². The Morgan fingerprint density at radius 1 is 1.07 bits per heavy atom. The molecule has 0 aromatic heterocycles. The van der Waals surface area contributed by atoms with E-state index in [-0.39, 0.29) is 16.3 Å². The van der Waals surface area contributed by atoms with Gasteiger partial charge >= 0.3 is 0 Å². The molecule has 1 N–H and O–H groups in total. The Balaban J connectivity index is 1.84. The maximum absolute atomic E-state index is 12.9. The number of carbonyl (C=O) groups excluding carboxylic acids is 1. The van der Waals surface area contributed by atoms with Crippen molar-refractivity contribution in [1.82, 2.24) is 5.32 Å². The molecule has 0 bridgehead atoms. The van der Waals surface area contributed by atoms with E-state index >= 15 is 0 Å². The largest absolute Gasteiger partial charge is 0.346 e. The second kappa shape index (κ2) is 8.15. The number of rotatable bonds is 5. The van der Waals surface area contributed by atoms with Crippen LogP contribution in [0, 0.1) is 0 Å². The summed E-state index contributed by atoms with van der Waals surface area (Å²) in [6.07, 6.45) is 7.14. The van der Waals surface area contributed by atoms with Gasteiger partial charge in [-0.3, -0.25) is 4.79 Å². The van der Waals surface area contributed by atoms with Crippen LogP contribution in [0.15, 0.2) is 57.9 Å². The Morgan fingerprint density at radius 2 is 1.74 bits per heavy atom. The summed E-state index contributed by atoms with van der Waals surface area (Å²) in [4.78, 5) is 13.1. The molecule has 0 spiro atoms. The Bertz CT molecular complexity index is 917. The van der Waals surface area contributed by atoms with Crippen LogP contribution in [0.5, 0.6) is 0 Å². The maximum Gasteiger partial charge on any atom is 0.251 e. The topological polar surface area (TPSA) is 63.2 Å². The monoisotopic (exact) mass is 449 g/mol. The smallest absolute Gasteiger partial charge is 0.251 e. The van der Waals surface area contributed by atoms with Crippen molar-refractivity contribution in [2.24, 2.45) is 0 Å². The number of halogens is 1. The minimum atomic E-state index is -3.34. The Labute approximate surface area is 169 Å². The van der Waals surface area contributed by atoms with Crippen LogP contribution >= 0.6 is 15.9 Å². The SMILES string of the molecule is CS(=O)(=O)c1cccc(C(=O)NC2(Cc3ccc(Br)cc3)CCCCC2)c1. The van der Waals surface area contributed by atoms with Crippen molar-refractivity contribution >= 4 is 31.7 Å². The highest BCUT2D eigenvalue weighted by Gasteiger charge is 2.34. The van der Waals surface area contributed by atoms with Gasteiger partial charge in [0.1, 0.15) is 0 Å². The minimum absolute atomic E-state index is 0.167. The zero-order valence-electron chi connectivity index (χ0n) is 15.4. The highest BCUT2D eigenvalue weighted by molar-refractivity contribution is 9.10. The van der Waals surface area contributed by atoms with Crippen LogP contribution in [-0.2, 0) is 16.3 Å². The standard InChI is InChI=1S/C21H24BrNO3S/c1-27(25,26)19-7-5-6-17(14-19)20(24)23-21(12-3-2-4-13-21)15-16-8-10-18(22)11-9-16/h5-11,14H,2-4,12-13,15H2,1H3,(H,23,24). The van der Waals surface area contributed by atoms with Gasteiger partial charge in [0, 0.05) is 21.8 Å².